The monoisotopic (exact) mass is 339 g/mol. The van der Waals surface area contributed by atoms with Crippen LogP contribution in [-0.4, -0.2) is 31.5 Å². The first kappa shape index (κ1) is 17.0. The molecule has 0 bridgehead atoms. The Morgan fingerprint density at radius 1 is 1.35 bits per heavy atom. The number of rotatable bonds is 6. The van der Waals surface area contributed by atoms with Crippen LogP contribution in [0.25, 0.3) is 0 Å². The molecule has 1 aromatic carbocycles. The molecule has 0 aliphatic rings. The molecule has 1 aromatic heterocycles. The summed E-state index contributed by atoms with van der Waals surface area (Å²) in [6.07, 6.45) is 0.741. The molecule has 0 radical (unpaired) electrons. The second kappa shape index (κ2) is 6.80. The Labute approximate surface area is 135 Å². The zero-order valence-electron chi connectivity index (χ0n) is 12.9. The summed E-state index contributed by atoms with van der Waals surface area (Å²) in [6, 6.07) is 11.5. The van der Waals surface area contributed by atoms with Gasteiger partial charge in [-0.25, -0.2) is 4.28 Å². The van der Waals surface area contributed by atoms with Gasteiger partial charge in [0.05, 0.1) is 6.54 Å². The number of hydrogen-bond acceptors (Lipinski definition) is 6. The van der Waals surface area contributed by atoms with Crippen LogP contribution in [0.15, 0.2) is 36.4 Å². The predicted octanol–water partition coefficient (Wildman–Crippen LogP) is 0.170. The van der Waals surface area contributed by atoms with Gasteiger partial charge in [0.1, 0.15) is 5.69 Å². The lowest BCUT2D eigenvalue weighted by Crippen LogP contribution is -2.52. The van der Waals surface area contributed by atoms with E-state index in [-0.39, 0.29) is 5.95 Å². The van der Waals surface area contributed by atoms with Gasteiger partial charge in [-0.05, 0) is 23.6 Å². The van der Waals surface area contributed by atoms with E-state index in [0.29, 0.717) is 18.1 Å². The molecule has 1 heterocycles. The standard InChI is InChI=1S/C14H18N4O4S/c1-11-10-13(18(14(15)16-11)22-23(19,20)21)17(2)9-8-12-6-4-3-5-7-12/h3-7,10,15H,8-9H2,1-2H3,(H,19,20,21)/p+1. The molecule has 3 N–H and O–H groups in total. The van der Waals surface area contributed by atoms with Crippen molar-refractivity contribution >= 4 is 22.2 Å². The van der Waals surface area contributed by atoms with Crippen LogP contribution in [0.4, 0.5) is 11.8 Å². The SMILES string of the molecule is Cc1cc(N(C)CCc2ccccc2)[n+](OS(=O)(=O)O)c(N)n1. The van der Waals surface area contributed by atoms with Crippen LogP contribution >= 0.6 is 0 Å². The third-order valence-corrected chi connectivity index (χ3v) is 3.52. The molecule has 0 saturated carbocycles. The van der Waals surface area contributed by atoms with E-state index >= 15 is 0 Å². The summed E-state index contributed by atoms with van der Waals surface area (Å²) < 4.78 is 36.2. The van der Waals surface area contributed by atoms with Gasteiger partial charge in [0.15, 0.2) is 0 Å². The van der Waals surface area contributed by atoms with Crippen molar-refractivity contribution in [2.45, 2.75) is 13.3 Å². The van der Waals surface area contributed by atoms with Crippen molar-refractivity contribution in [2.75, 3.05) is 24.2 Å². The highest BCUT2D eigenvalue weighted by atomic mass is 32.3. The highest BCUT2D eigenvalue weighted by Gasteiger charge is 2.23. The van der Waals surface area contributed by atoms with Gasteiger partial charge in [-0.3, -0.25) is 4.55 Å². The number of likely N-dealkylation sites (N-methyl/N-ethyl adjacent to an activating group) is 1. The molecule has 2 rings (SSSR count). The summed E-state index contributed by atoms with van der Waals surface area (Å²) >= 11 is 0. The molecule has 0 saturated heterocycles. The van der Waals surface area contributed by atoms with Gasteiger partial charge in [0.25, 0.3) is 0 Å². The van der Waals surface area contributed by atoms with E-state index in [1.807, 2.05) is 30.3 Å². The molecule has 23 heavy (non-hydrogen) atoms. The number of nitrogens with two attached hydrogens (primary N) is 1. The lowest BCUT2D eigenvalue weighted by molar-refractivity contribution is -0.836. The maximum absolute atomic E-state index is 11.0. The minimum Gasteiger partial charge on any atom is -0.308 e. The van der Waals surface area contributed by atoms with Crippen LogP contribution in [0, 0.1) is 6.92 Å². The molecule has 0 unspecified atom stereocenters. The van der Waals surface area contributed by atoms with Crippen molar-refractivity contribution < 1.29 is 22.0 Å². The Morgan fingerprint density at radius 3 is 2.61 bits per heavy atom. The molecule has 0 spiro atoms. The van der Waals surface area contributed by atoms with Crippen molar-refractivity contribution in [3.63, 3.8) is 0 Å². The molecular formula is C14H19N4O4S+. The van der Waals surface area contributed by atoms with Gasteiger partial charge in [-0.1, -0.05) is 30.3 Å². The van der Waals surface area contributed by atoms with Gasteiger partial charge in [-0.2, -0.15) is 8.42 Å². The molecular weight excluding hydrogens is 320 g/mol. The van der Waals surface area contributed by atoms with Crippen molar-refractivity contribution in [3.05, 3.63) is 47.7 Å². The number of nitrogens with zero attached hydrogens (tertiary/aromatic N) is 3. The van der Waals surface area contributed by atoms with E-state index in [2.05, 4.69) is 9.27 Å². The largest absolute Gasteiger partial charge is 0.474 e. The first-order chi connectivity index (χ1) is 10.8. The summed E-state index contributed by atoms with van der Waals surface area (Å²) in [6.45, 7) is 2.31. The van der Waals surface area contributed by atoms with Gasteiger partial charge in [0, 0.05) is 13.1 Å². The summed E-state index contributed by atoms with van der Waals surface area (Å²) in [7, 11) is -2.95. The van der Waals surface area contributed by atoms with Crippen LogP contribution in [0.5, 0.6) is 0 Å². The third kappa shape index (κ3) is 4.80. The molecule has 0 fully saturated rings. The molecule has 0 aliphatic heterocycles. The average molecular weight is 339 g/mol. The van der Waals surface area contributed by atoms with Crippen LogP contribution in [-0.2, 0) is 16.8 Å². The normalized spacial score (nSPS) is 11.3. The number of anilines is 2. The molecule has 8 nitrogen and oxygen atoms in total. The minimum atomic E-state index is -4.72. The van der Waals surface area contributed by atoms with E-state index in [4.69, 9.17) is 10.3 Å². The van der Waals surface area contributed by atoms with Crippen molar-refractivity contribution in [3.8, 4) is 0 Å². The smallest absolute Gasteiger partial charge is 0.308 e. The Morgan fingerprint density at radius 2 is 2.00 bits per heavy atom. The maximum atomic E-state index is 11.0. The van der Waals surface area contributed by atoms with Gasteiger partial charge in [-0.15, -0.1) is 4.98 Å². The van der Waals surface area contributed by atoms with Crippen LogP contribution in [0.2, 0.25) is 0 Å². The molecule has 0 atom stereocenters. The third-order valence-electron chi connectivity index (χ3n) is 3.18. The highest BCUT2D eigenvalue weighted by Crippen LogP contribution is 2.11. The summed E-state index contributed by atoms with van der Waals surface area (Å²) in [5, 5.41) is 0. The maximum Gasteiger partial charge on any atom is 0.474 e. The predicted molar refractivity (Wildman–Crippen MR) is 85.1 cm³/mol. The Hall–Kier alpha value is -2.39. The number of nitrogen functional groups attached to an aromatic ring is 1. The summed E-state index contributed by atoms with van der Waals surface area (Å²) in [5.41, 5.74) is 7.43. The lowest BCUT2D eigenvalue weighted by Gasteiger charge is -2.18. The number of hydrogen-bond donors (Lipinski definition) is 2. The first-order valence-corrected chi connectivity index (χ1v) is 8.24. The zero-order chi connectivity index (χ0) is 17.0. The molecule has 9 heteroatoms. The molecule has 2 aromatic rings. The minimum absolute atomic E-state index is 0.177. The van der Waals surface area contributed by atoms with Crippen LogP contribution in [0.1, 0.15) is 11.3 Å². The van der Waals surface area contributed by atoms with Crippen molar-refractivity contribution in [2.24, 2.45) is 0 Å². The average Bonchev–Trinajstić information content (AvgIpc) is 2.47. The Balaban J connectivity index is 2.26. The van der Waals surface area contributed by atoms with E-state index < -0.39 is 10.4 Å². The quantitative estimate of drug-likeness (QED) is 0.570. The fourth-order valence-corrected chi connectivity index (χ4v) is 2.45. The Bertz CT molecular complexity index is 781. The van der Waals surface area contributed by atoms with Crippen molar-refractivity contribution in [1.82, 2.24) is 4.98 Å². The fraction of sp³-hybridized carbons (Fsp3) is 0.286. The van der Waals surface area contributed by atoms with E-state index in [1.165, 1.54) is 0 Å². The highest BCUT2D eigenvalue weighted by molar-refractivity contribution is 7.80. The van der Waals surface area contributed by atoms with Gasteiger partial charge in [0.2, 0.25) is 5.82 Å². The number of aryl methyl sites for hydroxylation is 1. The number of aromatic nitrogens is 2. The topological polar surface area (TPSA) is 110 Å². The zero-order valence-corrected chi connectivity index (χ0v) is 13.7. The first-order valence-electron chi connectivity index (χ1n) is 6.88. The van der Waals surface area contributed by atoms with Crippen molar-refractivity contribution in [1.29, 1.82) is 0 Å². The fourth-order valence-electron chi connectivity index (χ4n) is 2.11. The second-order valence-corrected chi connectivity index (χ2v) is 6.07. The molecule has 0 aliphatic carbocycles. The summed E-state index contributed by atoms with van der Waals surface area (Å²) in [5.74, 6) is 0.188. The van der Waals surface area contributed by atoms with E-state index in [1.54, 1.807) is 24.9 Å². The van der Waals surface area contributed by atoms with Gasteiger partial charge >= 0.3 is 16.3 Å². The van der Waals surface area contributed by atoms with E-state index in [0.717, 1.165) is 16.7 Å². The number of benzene rings is 1. The van der Waals surface area contributed by atoms with Crippen LogP contribution in [0.3, 0.4) is 0 Å². The lowest BCUT2D eigenvalue weighted by atomic mass is 10.1. The molecule has 124 valence electrons. The second-order valence-electron chi connectivity index (χ2n) is 5.07. The molecule has 0 amide bonds. The van der Waals surface area contributed by atoms with Gasteiger partial charge < -0.3 is 10.6 Å². The van der Waals surface area contributed by atoms with E-state index in [9.17, 15) is 8.42 Å². The Kier molecular flexibility index (Phi) is 5.02. The van der Waals surface area contributed by atoms with Crippen LogP contribution < -0.4 is 19.6 Å². The summed E-state index contributed by atoms with van der Waals surface area (Å²) in [4.78, 5) is 5.70.